The van der Waals surface area contributed by atoms with Gasteiger partial charge in [0.1, 0.15) is 11.6 Å². The van der Waals surface area contributed by atoms with Gasteiger partial charge in [-0.3, -0.25) is 9.78 Å². The monoisotopic (exact) mass is 291 g/mol. The predicted molar refractivity (Wildman–Crippen MR) is 75.9 cm³/mol. The van der Waals surface area contributed by atoms with Crippen LogP contribution in [0.5, 0.6) is 0 Å². The predicted octanol–water partition coefficient (Wildman–Crippen LogP) is 2.72. The van der Waals surface area contributed by atoms with Gasteiger partial charge in [0, 0.05) is 30.9 Å². The molecule has 1 aromatic heterocycles. The molecule has 2 aromatic rings. The molecule has 0 aliphatic heterocycles. The summed E-state index contributed by atoms with van der Waals surface area (Å²) in [4.78, 5) is 16.1. The summed E-state index contributed by atoms with van der Waals surface area (Å²) in [5, 5.41) is 5.63. The molecule has 1 aromatic carbocycles. The van der Waals surface area contributed by atoms with E-state index in [4.69, 9.17) is 0 Å². The molecule has 0 unspecified atom stereocenters. The first-order chi connectivity index (χ1) is 10.1. The Bertz CT molecular complexity index is 647. The molecule has 2 rings (SSSR count). The van der Waals surface area contributed by atoms with Crippen LogP contribution in [0, 0.1) is 11.6 Å². The van der Waals surface area contributed by atoms with Gasteiger partial charge in [-0.25, -0.2) is 8.78 Å². The number of benzene rings is 1. The van der Waals surface area contributed by atoms with Crippen LogP contribution in [-0.2, 0) is 6.54 Å². The molecule has 0 fully saturated rings. The van der Waals surface area contributed by atoms with E-state index in [1.807, 2.05) is 6.92 Å². The van der Waals surface area contributed by atoms with E-state index < -0.39 is 11.6 Å². The Morgan fingerprint density at radius 1 is 1.29 bits per heavy atom. The molecule has 21 heavy (non-hydrogen) atoms. The van der Waals surface area contributed by atoms with E-state index >= 15 is 0 Å². The van der Waals surface area contributed by atoms with Crippen molar-refractivity contribution in [1.82, 2.24) is 10.3 Å². The minimum atomic E-state index is -0.683. The van der Waals surface area contributed by atoms with Crippen LogP contribution < -0.4 is 10.6 Å². The Morgan fingerprint density at radius 3 is 2.81 bits per heavy atom. The number of hydrogen-bond acceptors (Lipinski definition) is 3. The average molecular weight is 291 g/mol. The lowest BCUT2D eigenvalue weighted by atomic mass is 10.1. The van der Waals surface area contributed by atoms with Crippen LogP contribution in [0.2, 0.25) is 0 Å². The first kappa shape index (κ1) is 14.9. The fourth-order valence-corrected chi connectivity index (χ4v) is 1.86. The van der Waals surface area contributed by atoms with Crippen molar-refractivity contribution in [3.63, 3.8) is 0 Å². The van der Waals surface area contributed by atoms with E-state index in [1.165, 1.54) is 12.3 Å². The Morgan fingerprint density at radius 2 is 2.10 bits per heavy atom. The van der Waals surface area contributed by atoms with Crippen molar-refractivity contribution in [3.8, 4) is 0 Å². The van der Waals surface area contributed by atoms with Crippen molar-refractivity contribution < 1.29 is 13.6 Å². The molecule has 0 spiro atoms. The molecule has 1 amide bonds. The van der Waals surface area contributed by atoms with Gasteiger partial charge in [-0.05, 0) is 19.1 Å². The van der Waals surface area contributed by atoms with Crippen LogP contribution in [0.1, 0.15) is 22.8 Å². The van der Waals surface area contributed by atoms with E-state index in [2.05, 4.69) is 15.6 Å². The molecule has 0 aliphatic carbocycles. The lowest BCUT2D eigenvalue weighted by Gasteiger charge is -2.10. The van der Waals surface area contributed by atoms with E-state index in [0.29, 0.717) is 17.8 Å². The second kappa shape index (κ2) is 6.78. The molecule has 0 saturated carbocycles. The number of halogens is 2. The molecule has 0 bridgehead atoms. The number of carbonyl (C=O) groups is 1. The number of hydrogen-bond donors (Lipinski definition) is 2. The van der Waals surface area contributed by atoms with Crippen LogP contribution in [0.25, 0.3) is 0 Å². The molecular weight excluding hydrogens is 276 g/mol. The fourth-order valence-electron chi connectivity index (χ4n) is 1.86. The standard InChI is InChI=1S/C15H15F2N3O/c1-2-19-14-9-18-6-5-12(14)15(21)20-8-10-3-4-11(16)7-13(10)17/h3-7,9,19H,2,8H2,1H3,(H,20,21). The number of anilines is 1. The zero-order chi connectivity index (χ0) is 15.2. The number of amides is 1. The first-order valence-electron chi connectivity index (χ1n) is 6.51. The average Bonchev–Trinajstić information content (AvgIpc) is 2.47. The van der Waals surface area contributed by atoms with Crippen molar-refractivity contribution in [1.29, 1.82) is 0 Å². The molecule has 110 valence electrons. The lowest BCUT2D eigenvalue weighted by Crippen LogP contribution is -2.24. The zero-order valence-corrected chi connectivity index (χ0v) is 11.5. The van der Waals surface area contributed by atoms with Crippen molar-refractivity contribution in [2.24, 2.45) is 0 Å². The summed E-state index contributed by atoms with van der Waals surface area (Å²) in [5.41, 5.74) is 1.26. The maximum atomic E-state index is 13.5. The van der Waals surface area contributed by atoms with Crippen LogP contribution in [0.4, 0.5) is 14.5 Å². The van der Waals surface area contributed by atoms with E-state index in [1.54, 1.807) is 12.3 Å². The Labute approximate surface area is 121 Å². The fraction of sp³-hybridized carbons (Fsp3) is 0.200. The van der Waals surface area contributed by atoms with Gasteiger partial charge in [-0.1, -0.05) is 6.07 Å². The molecule has 0 aliphatic rings. The minimum Gasteiger partial charge on any atom is -0.383 e. The van der Waals surface area contributed by atoms with E-state index in [-0.39, 0.29) is 18.0 Å². The summed E-state index contributed by atoms with van der Waals surface area (Å²) in [6.07, 6.45) is 3.06. The highest BCUT2D eigenvalue weighted by molar-refractivity contribution is 5.99. The van der Waals surface area contributed by atoms with Gasteiger partial charge >= 0.3 is 0 Å². The highest BCUT2D eigenvalue weighted by atomic mass is 19.1. The number of carbonyl (C=O) groups excluding carboxylic acids is 1. The van der Waals surface area contributed by atoms with Gasteiger partial charge < -0.3 is 10.6 Å². The number of pyridine rings is 1. The molecule has 0 atom stereocenters. The third-order valence-electron chi connectivity index (χ3n) is 2.89. The van der Waals surface area contributed by atoms with Gasteiger partial charge in [0.05, 0.1) is 17.4 Å². The van der Waals surface area contributed by atoms with Crippen molar-refractivity contribution in [2.45, 2.75) is 13.5 Å². The maximum Gasteiger partial charge on any atom is 0.253 e. The maximum absolute atomic E-state index is 13.5. The summed E-state index contributed by atoms with van der Waals surface area (Å²) in [6, 6.07) is 4.83. The number of rotatable bonds is 5. The lowest BCUT2D eigenvalue weighted by molar-refractivity contribution is 0.0951. The molecule has 1 heterocycles. The quantitative estimate of drug-likeness (QED) is 0.890. The van der Waals surface area contributed by atoms with Gasteiger partial charge in [-0.2, -0.15) is 0 Å². The normalized spacial score (nSPS) is 10.2. The molecule has 4 nitrogen and oxygen atoms in total. The van der Waals surface area contributed by atoms with Gasteiger partial charge in [-0.15, -0.1) is 0 Å². The van der Waals surface area contributed by atoms with E-state index in [9.17, 15) is 13.6 Å². The molecule has 2 N–H and O–H groups in total. The topological polar surface area (TPSA) is 54.0 Å². The smallest absolute Gasteiger partial charge is 0.253 e. The molecule has 6 heteroatoms. The largest absolute Gasteiger partial charge is 0.383 e. The number of nitrogens with one attached hydrogen (secondary N) is 2. The van der Waals surface area contributed by atoms with Gasteiger partial charge in [0.25, 0.3) is 5.91 Å². The summed E-state index contributed by atoms with van der Waals surface area (Å²) in [5.74, 6) is -1.68. The van der Waals surface area contributed by atoms with Crippen LogP contribution in [-0.4, -0.2) is 17.4 Å². The highest BCUT2D eigenvalue weighted by Gasteiger charge is 2.12. The Hall–Kier alpha value is -2.50. The van der Waals surface area contributed by atoms with Gasteiger partial charge in [0.2, 0.25) is 0 Å². The molecule has 0 radical (unpaired) electrons. The highest BCUT2D eigenvalue weighted by Crippen LogP contribution is 2.14. The Balaban J connectivity index is 2.08. The third kappa shape index (κ3) is 3.75. The summed E-state index contributed by atoms with van der Waals surface area (Å²) in [6.45, 7) is 2.54. The van der Waals surface area contributed by atoms with Crippen molar-refractivity contribution >= 4 is 11.6 Å². The zero-order valence-electron chi connectivity index (χ0n) is 11.5. The Kier molecular flexibility index (Phi) is 4.81. The second-order valence-electron chi connectivity index (χ2n) is 4.37. The summed E-state index contributed by atoms with van der Waals surface area (Å²) in [7, 11) is 0. The number of nitrogens with zero attached hydrogens (tertiary/aromatic N) is 1. The van der Waals surface area contributed by atoms with Gasteiger partial charge in [0.15, 0.2) is 0 Å². The number of aromatic nitrogens is 1. The third-order valence-corrected chi connectivity index (χ3v) is 2.89. The van der Waals surface area contributed by atoms with Crippen LogP contribution in [0.15, 0.2) is 36.7 Å². The first-order valence-corrected chi connectivity index (χ1v) is 6.51. The van der Waals surface area contributed by atoms with E-state index in [0.717, 1.165) is 12.1 Å². The van der Waals surface area contributed by atoms with Crippen molar-refractivity contribution in [3.05, 3.63) is 59.4 Å². The minimum absolute atomic E-state index is 0.0150. The van der Waals surface area contributed by atoms with Crippen LogP contribution in [0.3, 0.4) is 0 Å². The molecular formula is C15H15F2N3O. The van der Waals surface area contributed by atoms with Crippen LogP contribution >= 0.6 is 0 Å². The SMILES string of the molecule is CCNc1cnccc1C(=O)NCc1ccc(F)cc1F. The molecule has 0 saturated heterocycles. The second-order valence-corrected chi connectivity index (χ2v) is 4.37. The summed E-state index contributed by atoms with van der Waals surface area (Å²) >= 11 is 0. The summed E-state index contributed by atoms with van der Waals surface area (Å²) < 4.78 is 26.3. The van der Waals surface area contributed by atoms with Crippen molar-refractivity contribution in [2.75, 3.05) is 11.9 Å².